The first-order chi connectivity index (χ1) is 18.9. The Kier molecular flexibility index (Phi) is 32.4. The van der Waals surface area contributed by atoms with Crippen LogP contribution in [0.15, 0.2) is 0 Å². The first-order valence-electron chi connectivity index (χ1n) is 13.8. The largest absolute Gasteiger partial charge is 1.00 e. The number of thiocarbonyl (C=S) groups is 2. The van der Waals surface area contributed by atoms with Crippen LogP contribution in [0.25, 0.3) is 0 Å². The molecule has 0 amide bonds. The molecule has 0 radical (unpaired) electrons. The van der Waals surface area contributed by atoms with E-state index in [0.717, 1.165) is 51.4 Å². The first-order valence-corrected chi connectivity index (χ1v) is 18.3. The summed E-state index contributed by atoms with van der Waals surface area (Å²) in [6.07, 6.45) is 6.58. The molecule has 0 aromatic rings. The van der Waals surface area contributed by atoms with E-state index < -0.39 is 33.7 Å². The van der Waals surface area contributed by atoms with Gasteiger partial charge in [0.15, 0.2) is 5.25 Å². The summed E-state index contributed by atoms with van der Waals surface area (Å²) in [4.78, 5) is 24.1. The van der Waals surface area contributed by atoms with Crippen molar-refractivity contribution in [3.63, 3.8) is 0 Å². The molecule has 236 valence electrons. The predicted octanol–water partition coefficient (Wildman–Crippen LogP) is 3.82. The van der Waals surface area contributed by atoms with Crippen molar-refractivity contribution in [1.82, 2.24) is 0 Å². The summed E-state index contributed by atoms with van der Waals surface area (Å²) in [5, 5.41) is -2.06. The quantitative estimate of drug-likeness (QED) is 0.0682. The monoisotopic (exact) mass is 686 g/mol. The van der Waals surface area contributed by atoms with Gasteiger partial charge in [0.2, 0.25) is 8.77 Å². The van der Waals surface area contributed by atoms with Crippen LogP contribution in [0.2, 0.25) is 0 Å². The van der Waals surface area contributed by atoms with E-state index in [1.807, 2.05) is 27.7 Å². The van der Waals surface area contributed by atoms with Crippen LogP contribution in [-0.4, -0.2) is 65.4 Å². The van der Waals surface area contributed by atoms with Crippen molar-refractivity contribution < 1.29 is 71.1 Å². The fourth-order valence-electron chi connectivity index (χ4n) is 3.17. The molecule has 0 rings (SSSR count). The van der Waals surface area contributed by atoms with Crippen LogP contribution in [0.1, 0.15) is 99.3 Å². The van der Waals surface area contributed by atoms with E-state index >= 15 is 0 Å². The van der Waals surface area contributed by atoms with Crippen LogP contribution in [0.4, 0.5) is 0 Å². The molecule has 9 nitrogen and oxygen atoms in total. The van der Waals surface area contributed by atoms with Crippen molar-refractivity contribution >= 4 is 76.8 Å². The minimum absolute atomic E-state index is 0. The summed E-state index contributed by atoms with van der Waals surface area (Å²) in [5.74, 6) is -1.74. The van der Waals surface area contributed by atoms with Gasteiger partial charge in [-0.15, -0.1) is 0 Å². The van der Waals surface area contributed by atoms with E-state index in [1.165, 1.54) is 21.6 Å². The Morgan fingerprint density at radius 2 is 1.17 bits per heavy atom. The van der Waals surface area contributed by atoms with Gasteiger partial charge in [0.05, 0.1) is 32.8 Å². The SMILES string of the molecule is CCCCC(CC)COC(=O)CC(C(=O)OCC(CC)CCCC)S(=O)(=O)[O-].CCOC(=S)SSC(=S)OCC.[Na+]. The summed E-state index contributed by atoms with van der Waals surface area (Å²) in [6, 6.07) is 0. The Morgan fingerprint density at radius 1 is 0.756 bits per heavy atom. The van der Waals surface area contributed by atoms with Gasteiger partial charge in [-0.2, -0.15) is 0 Å². The molecule has 0 spiro atoms. The minimum atomic E-state index is -5.01. The van der Waals surface area contributed by atoms with E-state index in [9.17, 15) is 22.6 Å². The number of hydrogen-bond acceptors (Lipinski definition) is 13. The maximum Gasteiger partial charge on any atom is 1.00 e. The van der Waals surface area contributed by atoms with Crippen molar-refractivity contribution in [1.29, 1.82) is 0 Å². The molecule has 3 atom stereocenters. The molecule has 15 heteroatoms. The van der Waals surface area contributed by atoms with Crippen LogP contribution in [0.3, 0.4) is 0 Å². The smallest absolute Gasteiger partial charge is 0.747 e. The number of carbonyl (C=O) groups excluding carboxylic acids is 2. The average Bonchev–Trinajstić information content (AvgIpc) is 2.90. The fraction of sp³-hybridized carbons (Fsp3) is 0.846. The number of rotatable bonds is 18. The molecule has 0 N–H and O–H groups in total. The first kappa shape index (κ1) is 45.8. The number of hydrogen-bond donors (Lipinski definition) is 0. The molecule has 0 saturated heterocycles. The van der Waals surface area contributed by atoms with Gasteiger partial charge in [0, 0.05) is 21.6 Å². The van der Waals surface area contributed by atoms with Gasteiger partial charge in [-0.3, -0.25) is 9.59 Å². The van der Waals surface area contributed by atoms with Gasteiger partial charge >= 0.3 is 41.5 Å². The van der Waals surface area contributed by atoms with Crippen LogP contribution in [0, 0.1) is 11.8 Å². The normalized spacial score (nSPS) is 12.9. The molecule has 0 aromatic carbocycles. The van der Waals surface area contributed by atoms with E-state index in [-0.39, 0.29) is 54.6 Å². The maximum atomic E-state index is 12.1. The summed E-state index contributed by atoms with van der Waals surface area (Å²) in [5.41, 5.74) is 0. The second-order valence-electron chi connectivity index (χ2n) is 8.86. The zero-order valence-electron chi connectivity index (χ0n) is 25.6. The van der Waals surface area contributed by atoms with Gasteiger partial charge in [0.25, 0.3) is 0 Å². The number of carbonyl (C=O) groups is 2. The number of ether oxygens (including phenoxy) is 4. The third-order valence-electron chi connectivity index (χ3n) is 5.69. The number of unbranched alkanes of at least 4 members (excludes halogenated alkanes) is 2. The van der Waals surface area contributed by atoms with Gasteiger partial charge < -0.3 is 23.5 Å². The minimum Gasteiger partial charge on any atom is -0.747 e. The molecule has 0 aromatic heterocycles. The Morgan fingerprint density at radius 3 is 1.51 bits per heavy atom. The summed E-state index contributed by atoms with van der Waals surface area (Å²) >= 11 is 9.72. The molecular formula is C26H47NaO9S5. The Balaban J connectivity index is -0.000000933. The second-order valence-corrected chi connectivity index (χ2v) is 13.8. The van der Waals surface area contributed by atoms with Crippen LogP contribution in [-0.2, 0) is 38.7 Å². The summed E-state index contributed by atoms with van der Waals surface area (Å²) < 4.78 is 55.6. The fourth-order valence-corrected chi connectivity index (χ4v) is 5.82. The van der Waals surface area contributed by atoms with E-state index in [2.05, 4.69) is 13.8 Å². The molecule has 3 unspecified atom stereocenters. The van der Waals surface area contributed by atoms with Crippen molar-refractivity contribution in [2.75, 3.05) is 26.4 Å². The second kappa shape index (κ2) is 29.1. The van der Waals surface area contributed by atoms with Crippen molar-refractivity contribution in [2.24, 2.45) is 11.8 Å². The van der Waals surface area contributed by atoms with Crippen molar-refractivity contribution in [3.05, 3.63) is 0 Å². The van der Waals surface area contributed by atoms with E-state index in [1.54, 1.807) is 0 Å². The Bertz CT molecular complexity index is 810. The number of esters is 2. The van der Waals surface area contributed by atoms with E-state index in [4.69, 9.17) is 43.4 Å². The molecule has 0 bridgehead atoms. The molecule has 0 fully saturated rings. The predicted molar refractivity (Wildman–Crippen MR) is 170 cm³/mol. The topological polar surface area (TPSA) is 128 Å². The third kappa shape index (κ3) is 26.5. The zero-order chi connectivity index (χ0) is 31.0. The van der Waals surface area contributed by atoms with Gasteiger partial charge in [-0.05, 0) is 63.0 Å². The molecule has 0 heterocycles. The Labute approximate surface area is 288 Å². The average molecular weight is 687 g/mol. The van der Waals surface area contributed by atoms with Crippen LogP contribution >= 0.6 is 46.0 Å². The van der Waals surface area contributed by atoms with Gasteiger partial charge in [0.1, 0.15) is 10.1 Å². The molecule has 0 aliphatic rings. The zero-order valence-corrected chi connectivity index (χ0v) is 31.7. The molecule has 0 saturated carbocycles. The van der Waals surface area contributed by atoms with Gasteiger partial charge in [-0.1, -0.05) is 66.2 Å². The summed E-state index contributed by atoms with van der Waals surface area (Å²) in [7, 11) is -2.40. The maximum absolute atomic E-state index is 12.1. The third-order valence-corrected chi connectivity index (χ3v) is 9.87. The van der Waals surface area contributed by atoms with Crippen molar-refractivity contribution in [3.8, 4) is 0 Å². The summed E-state index contributed by atoms with van der Waals surface area (Å²) in [6.45, 7) is 13.2. The van der Waals surface area contributed by atoms with E-state index in [0.29, 0.717) is 22.0 Å². The molecular weight excluding hydrogens is 640 g/mol. The standard InChI is InChI=1S/C20H38O7S.C6H10O2S4.Na/c1-5-9-11-16(7-3)14-26-19(21)13-18(28(23,24)25)20(22)27-15-17(8-4)12-10-6-2;1-3-7-5(9)11-12-6(10)8-4-2;/h16-18H,5-15H2,1-4H3,(H,23,24,25);3-4H2,1-2H3;/q;;+1/p-1. The molecule has 0 aliphatic heterocycles. The van der Waals surface area contributed by atoms with Crippen LogP contribution < -0.4 is 29.6 Å². The molecule has 41 heavy (non-hydrogen) atoms. The van der Waals surface area contributed by atoms with Gasteiger partial charge in [-0.25, -0.2) is 8.42 Å². The Hall–Kier alpha value is 0.330. The van der Waals surface area contributed by atoms with Crippen molar-refractivity contribution in [2.45, 2.75) is 105 Å². The molecule has 0 aliphatic carbocycles. The van der Waals surface area contributed by atoms with Crippen LogP contribution in [0.5, 0.6) is 0 Å².